The van der Waals surface area contributed by atoms with Crippen LogP contribution in [-0.2, 0) is 0 Å². The van der Waals surface area contributed by atoms with Gasteiger partial charge in [0.2, 0.25) is 0 Å². The van der Waals surface area contributed by atoms with Crippen molar-refractivity contribution in [1.29, 1.82) is 0 Å². The zero-order valence-electron chi connectivity index (χ0n) is 7.05. The van der Waals surface area contributed by atoms with Gasteiger partial charge in [0.1, 0.15) is 12.9 Å². The molecule has 13 heavy (non-hydrogen) atoms. The lowest BCUT2D eigenvalue weighted by molar-refractivity contribution is 0.473. The van der Waals surface area contributed by atoms with Crippen LogP contribution >= 0.6 is 0 Å². The van der Waals surface area contributed by atoms with E-state index in [9.17, 15) is 0 Å². The largest absolute Gasteiger partial charge is 0.490 e. The number of imidazole rings is 1. The lowest BCUT2D eigenvalue weighted by atomic mass is 10.3. The van der Waals surface area contributed by atoms with E-state index < -0.39 is 0 Å². The highest BCUT2D eigenvalue weighted by molar-refractivity contribution is 5.37. The third kappa shape index (κ3) is 1.54. The molecule has 0 fully saturated rings. The molecule has 0 aliphatic rings. The number of nitrogens with zero attached hydrogens (tertiary/aromatic N) is 2. The van der Waals surface area contributed by atoms with Crippen molar-refractivity contribution in [3.63, 3.8) is 0 Å². The van der Waals surface area contributed by atoms with Crippen LogP contribution in [0.3, 0.4) is 0 Å². The fraction of sp³-hybridized carbons (Fsp3) is 0. The molecular weight excluding hydrogens is 164 g/mol. The van der Waals surface area contributed by atoms with Crippen LogP contribution in [-0.4, -0.2) is 9.55 Å². The monoisotopic (exact) mass is 173 g/mol. The second-order valence-corrected chi connectivity index (χ2v) is 2.61. The standard InChI is InChI=1S/C10H9N2O/c1-13-10-4-2-9(3-5-10)12-7-6-11-8-12/h2-8H,1H2. The van der Waals surface area contributed by atoms with Crippen molar-refractivity contribution in [1.82, 2.24) is 9.55 Å². The van der Waals surface area contributed by atoms with Gasteiger partial charge in [-0.3, -0.25) is 0 Å². The Bertz CT molecular complexity index is 364. The highest BCUT2D eigenvalue weighted by atomic mass is 16.5. The van der Waals surface area contributed by atoms with Crippen LogP contribution in [0.4, 0.5) is 0 Å². The third-order valence-corrected chi connectivity index (χ3v) is 1.81. The second kappa shape index (κ2) is 3.31. The number of hydrogen-bond donors (Lipinski definition) is 0. The Morgan fingerprint density at radius 2 is 2.00 bits per heavy atom. The first-order valence-electron chi connectivity index (χ1n) is 3.90. The van der Waals surface area contributed by atoms with Crippen molar-refractivity contribution in [2.45, 2.75) is 0 Å². The molecule has 1 aromatic carbocycles. The van der Waals surface area contributed by atoms with Gasteiger partial charge in [0.05, 0.1) is 6.33 Å². The average Bonchev–Trinajstić information content (AvgIpc) is 2.71. The molecule has 0 N–H and O–H groups in total. The molecule has 0 amide bonds. The van der Waals surface area contributed by atoms with Crippen LogP contribution in [0.2, 0.25) is 0 Å². The van der Waals surface area contributed by atoms with Gasteiger partial charge < -0.3 is 9.30 Å². The highest BCUT2D eigenvalue weighted by Crippen LogP contribution is 2.14. The van der Waals surface area contributed by atoms with Crippen molar-refractivity contribution < 1.29 is 4.74 Å². The van der Waals surface area contributed by atoms with Crippen LogP contribution in [0.15, 0.2) is 43.0 Å². The van der Waals surface area contributed by atoms with Crippen molar-refractivity contribution in [2.24, 2.45) is 0 Å². The summed E-state index contributed by atoms with van der Waals surface area (Å²) in [7, 11) is 3.33. The predicted molar refractivity (Wildman–Crippen MR) is 49.5 cm³/mol. The van der Waals surface area contributed by atoms with Gasteiger partial charge in [0.25, 0.3) is 0 Å². The predicted octanol–water partition coefficient (Wildman–Crippen LogP) is 2.04. The van der Waals surface area contributed by atoms with Gasteiger partial charge in [0, 0.05) is 18.1 Å². The second-order valence-electron chi connectivity index (χ2n) is 2.61. The lowest BCUT2D eigenvalue weighted by Gasteiger charge is -2.02. The van der Waals surface area contributed by atoms with E-state index in [1.54, 1.807) is 12.5 Å². The van der Waals surface area contributed by atoms with Crippen LogP contribution in [0.5, 0.6) is 5.75 Å². The summed E-state index contributed by atoms with van der Waals surface area (Å²) in [6, 6.07) is 7.62. The van der Waals surface area contributed by atoms with Crippen molar-refractivity contribution in [2.75, 3.05) is 0 Å². The lowest BCUT2D eigenvalue weighted by Crippen LogP contribution is -1.89. The molecule has 1 radical (unpaired) electrons. The smallest absolute Gasteiger partial charge is 0.122 e. The molecule has 2 aromatic rings. The maximum atomic E-state index is 4.81. The van der Waals surface area contributed by atoms with Crippen molar-refractivity contribution >= 4 is 0 Å². The molecule has 3 nitrogen and oxygen atoms in total. The summed E-state index contributed by atoms with van der Waals surface area (Å²) in [5, 5.41) is 0. The molecule has 2 rings (SSSR count). The fourth-order valence-corrected chi connectivity index (χ4v) is 1.13. The van der Waals surface area contributed by atoms with Gasteiger partial charge >= 0.3 is 0 Å². The molecule has 0 aliphatic heterocycles. The average molecular weight is 173 g/mol. The summed E-state index contributed by atoms with van der Waals surface area (Å²) in [6.07, 6.45) is 5.38. The van der Waals surface area contributed by atoms with E-state index in [0.717, 1.165) is 11.4 Å². The molecule has 0 aliphatic carbocycles. The highest BCUT2D eigenvalue weighted by Gasteiger charge is 1.94. The number of hydrogen-bond acceptors (Lipinski definition) is 2. The minimum absolute atomic E-state index is 0.754. The van der Waals surface area contributed by atoms with E-state index in [0.29, 0.717) is 0 Å². The molecule has 1 heterocycles. The SMILES string of the molecule is [CH2]Oc1ccc(-n2ccnc2)cc1. The Labute approximate surface area is 76.6 Å². The fourth-order valence-electron chi connectivity index (χ4n) is 1.13. The number of aromatic nitrogens is 2. The molecule has 65 valence electrons. The molecule has 0 spiro atoms. The Hall–Kier alpha value is -1.77. The quantitative estimate of drug-likeness (QED) is 0.694. The van der Waals surface area contributed by atoms with Gasteiger partial charge in [-0.1, -0.05) is 0 Å². The van der Waals surface area contributed by atoms with E-state index in [4.69, 9.17) is 4.74 Å². The topological polar surface area (TPSA) is 27.1 Å². The van der Waals surface area contributed by atoms with Gasteiger partial charge in [-0.15, -0.1) is 0 Å². The first-order chi connectivity index (χ1) is 6.40. The minimum Gasteiger partial charge on any atom is -0.490 e. The van der Waals surface area contributed by atoms with E-state index in [1.165, 1.54) is 0 Å². The zero-order valence-corrected chi connectivity index (χ0v) is 7.05. The van der Waals surface area contributed by atoms with Crippen LogP contribution in [0.25, 0.3) is 5.69 Å². The van der Waals surface area contributed by atoms with Crippen LogP contribution in [0, 0.1) is 7.11 Å². The minimum atomic E-state index is 0.754. The van der Waals surface area contributed by atoms with Crippen molar-refractivity contribution in [3.8, 4) is 11.4 Å². The van der Waals surface area contributed by atoms with Crippen molar-refractivity contribution in [3.05, 3.63) is 50.1 Å². The maximum Gasteiger partial charge on any atom is 0.122 e. The Morgan fingerprint density at radius 1 is 1.23 bits per heavy atom. The van der Waals surface area contributed by atoms with E-state index in [1.807, 2.05) is 35.0 Å². The normalized spacial score (nSPS) is 9.92. The number of rotatable bonds is 2. The molecule has 0 saturated heterocycles. The van der Waals surface area contributed by atoms with Gasteiger partial charge in [-0.25, -0.2) is 4.98 Å². The van der Waals surface area contributed by atoms with Gasteiger partial charge in [-0.05, 0) is 24.3 Å². The van der Waals surface area contributed by atoms with Gasteiger partial charge in [0.15, 0.2) is 0 Å². The summed E-state index contributed by atoms with van der Waals surface area (Å²) in [4.78, 5) is 3.96. The molecule has 3 heteroatoms. The number of ether oxygens (including phenoxy) is 1. The molecule has 0 bridgehead atoms. The summed E-state index contributed by atoms with van der Waals surface area (Å²) in [5.74, 6) is 0.754. The first-order valence-corrected chi connectivity index (χ1v) is 3.90. The van der Waals surface area contributed by atoms with E-state index in [2.05, 4.69) is 12.1 Å². The molecule has 0 atom stereocenters. The Balaban J connectivity index is 2.33. The Kier molecular flexibility index (Phi) is 2.00. The summed E-state index contributed by atoms with van der Waals surface area (Å²) in [5.41, 5.74) is 1.05. The first kappa shape index (κ1) is 7.86. The van der Waals surface area contributed by atoms with Gasteiger partial charge in [-0.2, -0.15) is 0 Å². The molecule has 0 saturated carbocycles. The Morgan fingerprint density at radius 3 is 2.54 bits per heavy atom. The molecule has 1 aromatic heterocycles. The zero-order chi connectivity index (χ0) is 9.10. The molecular formula is C10H9N2O. The van der Waals surface area contributed by atoms with E-state index >= 15 is 0 Å². The summed E-state index contributed by atoms with van der Waals surface area (Å²) in [6.45, 7) is 0. The number of benzene rings is 1. The third-order valence-electron chi connectivity index (χ3n) is 1.81. The maximum absolute atomic E-state index is 4.81. The van der Waals surface area contributed by atoms with Crippen LogP contribution < -0.4 is 4.74 Å². The van der Waals surface area contributed by atoms with Crippen LogP contribution in [0.1, 0.15) is 0 Å². The molecule has 0 unspecified atom stereocenters. The summed E-state index contributed by atoms with van der Waals surface area (Å²) >= 11 is 0. The van der Waals surface area contributed by atoms with E-state index in [-0.39, 0.29) is 0 Å². The summed E-state index contributed by atoms with van der Waals surface area (Å²) < 4.78 is 6.74.